The zero-order valence-electron chi connectivity index (χ0n) is 24.5. The molecule has 43 heavy (non-hydrogen) atoms. The summed E-state index contributed by atoms with van der Waals surface area (Å²) in [5, 5.41) is 3.96. The van der Waals surface area contributed by atoms with Crippen LogP contribution in [0.3, 0.4) is 0 Å². The number of para-hydroxylation sites is 2. The minimum atomic E-state index is -0.720. The SMILES string of the molecule is CCCCOCCCNC(=O)c1ccccc1N1C(=O)[C@@H]2Cc3c([nH]c4ccccc34)[C@@H](c3ccc(OC)cc3)N2C1=O. The lowest BCUT2D eigenvalue weighted by Gasteiger charge is -2.36. The lowest BCUT2D eigenvalue weighted by molar-refractivity contribution is -0.120. The predicted molar refractivity (Wildman–Crippen MR) is 164 cm³/mol. The number of carbonyl (C=O) groups excluding carboxylic acids is 3. The van der Waals surface area contributed by atoms with Crippen LogP contribution < -0.4 is 15.0 Å². The van der Waals surface area contributed by atoms with E-state index >= 15 is 0 Å². The van der Waals surface area contributed by atoms with Crippen molar-refractivity contribution in [3.63, 3.8) is 0 Å². The number of nitrogens with one attached hydrogen (secondary N) is 2. The van der Waals surface area contributed by atoms with E-state index < -0.39 is 18.1 Å². The summed E-state index contributed by atoms with van der Waals surface area (Å²) in [5.41, 5.74) is 4.28. The molecule has 1 aromatic heterocycles. The van der Waals surface area contributed by atoms with Gasteiger partial charge >= 0.3 is 6.03 Å². The monoisotopic (exact) mass is 580 g/mol. The first-order valence-corrected chi connectivity index (χ1v) is 14.9. The number of carbonyl (C=O) groups is 3. The number of benzene rings is 3. The molecule has 0 spiro atoms. The number of methoxy groups -OCH3 is 1. The molecule has 2 atom stereocenters. The van der Waals surface area contributed by atoms with Crippen molar-refractivity contribution in [3.05, 3.63) is 95.2 Å². The molecular weight excluding hydrogens is 544 g/mol. The van der Waals surface area contributed by atoms with Crippen molar-refractivity contribution in [2.45, 2.75) is 44.7 Å². The molecule has 0 unspecified atom stereocenters. The molecule has 4 aromatic rings. The van der Waals surface area contributed by atoms with Gasteiger partial charge in [-0.2, -0.15) is 0 Å². The van der Waals surface area contributed by atoms with Crippen LogP contribution in [0.4, 0.5) is 10.5 Å². The third-order valence-corrected chi connectivity index (χ3v) is 8.26. The Hall–Kier alpha value is -4.63. The molecule has 2 N–H and O–H groups in total. The number of aromatic nitrogens is 1. The predicted octanol–water partition coefficient (Wildman–Crippen LogP) is 5.60. The Balaban J connectivity index is 1.32. The van der Waals surface area contributed by atoms with Crippen LogP contribution in [0.2, 0.25) is 0 Å². The van der Waals surface area contributed by atoms with E-state index in [9.17, 15) is 14.4 Å². The molecule has 2 aliphatic rings. The number of imide groups is 1. The second kappa shape index (κ2) is 12.3. The summed E-state index contributed by atoms with van der Waals surface area (Å²) in [5.74, 6) is 0.0208. The van der Waals surface area contributed by atoms with Gasteiger partial charge in [-0.1, -0.05) is 55.8 Å². The van der Waals surface area contributed by atoms with Crippen LogP contribution in [-0.4, -0.2) is 60.6 Å². The van der Waals surface area contributed by atoms with E-state index in [1.807, 2.05) is 48.5 Å². The molecule has 9 heteroatoms. The number of rotatable bonds is 11. The fourth-order valence-electron chi connectivity index (χ4n) is 6.11. The molecule has 6 rings (SSSR count). The summed E-state index contributed by atoms with van der Waals surface area (Å²) in [7, 11) is 1.61. The van der Waals surface area contributed by atoms with Crippen molar-refractivity contribution in [1.29, 1.82) is 0 Å². The number of anilines is 1. The van der Waals surface area contributed by atoms with Crippen LogP contribution in [0.15, 0.2) is 72.8 Å². The Morgan fingerprint density at radius 1 is 0.977 bits per heavy atom. The van der Waals surface area contributed by atoms with Crippen LogP contribution in [-0.2, 0) is 16.0 Å². The number of hydrogen-bond donors (Lipinski definition) is 2. The molecule has 4 amide bonds. The molecule has 0 radical (unpaired) electrons. The molecule has 222 valence electrons. The average molecular weight is 581 g/mol. The van der Waals surface area contributed by atoms with Gasteiger partial charge in [-0.15, -0.1) is 0 Å². The van der Waals surface area contributed by atoms with E-state index in [1.165, 1.54) is 4.90 Å². The lowest BCUT2D eigenvalue weighted by Crippen LogP contribution is -2.44. The summed E-state index contributed by atoms with van der Waals surface area (Å²) in [6, 6.07) is 20.6. The van der Waals surface area contributed by atoms with Gasteiger partial charge in [0.05, 0.1) is 18.4 Å². The zero-order chi connectivity index (χ0) is 29.9. The Kier molecular flexibility index (Phi) is 8.16. The number of H-pyrrole nitrogens is 1. The number of amides is 4. The number of unbranched alkanes of at least 4 members (excludes halogenated alkanes) is 1. The standard InChI is InChI=1S/C34H36N4O5/c1-3-4-19-43-20-9-18-35-32(39)25-11-6-8-13-28(25)38-33(40)29-21-26-24-10-5-7-12-27(24)36-30(26)31(37(29)34(38)41)22-14-16-23(42-2)17-15-22/h5-8,10-17,29,31,36H,3-4,9,18-21H2,1-2H3,(H,35,39)/t29-,31+/m0/s1. The van der Waals surface area contributed by atoms with Crippen LogP contribution in [0.5, 0.6) is 5.75 Å². The number of hydrogen-bond acceptors (Lipinski definition) is 5. The zero-order valence-corrected chi connectivity index (χ0v) is 24.5. The molecule has 0 bridgehead atoms. The summed E-state index contributed by atoms with van der Waals surface area (Å²) in [6.07, 6.45) is 3.13. The maximum Gasteiger partial charge on any atom is 0.332 e. The highest BCUT2D eigenvalue weighted by Gasteiger charge is 2.53. The molecule has 3 aromatic carbocycles. The van der Waals surface area contributed by atoms with Crippen LogP contribution in [0.25, 0.3) is 10.9 Å². The van der Waals surface area contributed by atoms with E-state index in [0.717, 1.165) is 40.6 Å². The second-order valence-corrected chi connectivity index (χ2v) is 10.9. The highest BCUT2D eigenvalue weighted by Crippen LogP contribution is 2.45. The van der Waals surface area contributed by atoms with Crippen molar-refractivity contribution < 1.29 is 23.9 Å². The lowest BCUT2D eigenvalue weighted by atomic mass is 9.89. The molecule has 9 nitrogen and oxygen atoms in total. The Labute approximate surface area is 250 Å². The minimum Gasteiger partial charge on any atom is -0.497 e. The van der Waals surface area contributed by atoms with E-state index in [2.05, 4.69) is 17.2 Å². The highest BCUT2D eigenvalue weighted by atomic mass is 16.5. The molecular formula is C34H36N4O5. The first kappa shape index (κ1) is 28.5. The molecule has 2 aliphatic heterocycles. The van der Waals surface area contributed by atoms with Crippen LogP contribution >= 0.6 is 0 Å². The Bertz CT molecular complexity index is 1650. The van der Waals surface area contributed by atoms with Gasteiger partial charge in [0.15, 0.2) is 0 Å². The van der Waals surface area contributed by atoms with Crippen molar-refractivity contribution in [2.24, 2.45) is 0 Å². The summed E-state index contributed by atoms with van der Waals surface area (Å²) >= 11 is 0. The summed E-state index contributed by atoms with van der Waals surface area (Å²) in [4.78, 5) is 48.1. The number of nitrogens with zero attached hydrogens (tertiary/aromatic N) is 2. The maximum atomic E-state index is 14.3. The van der Waals surface area contributed by atoms with Gasteiger partial charge < -0.3 is 19.8 Å². The van der Waals surface area contributed by atoms with E-state index in [0.29, 0.717) is 38.3 Å². The molecule has 0 aliphatic carbocycles. The van der Waals surface area contributed by atoms with Crippen molar-refractivity contribution >= 4 is 34.4 Å². The maximum absolute atomic E-state index is 14.3. The number of fused-ring (bicyclic) bond motifs is 4. The second-order valence-electron chi connectivity index (χ2n) is 10.9. The van der Waals surface area contributed by atoms with Gasteiger partial charge in [0.1, 0.15) is 17.8 Å². The average Bonchev–Trinajstić information content (AvgIpc) is 3.53. The van der Waals surface area contributed by atoms with Crippen molar-refractivity contribution in [3.8, 4) is 5.75 Å². The molecule has 1 saturated heterocycles. The third kappa shape index (κ3) is 5.25. The minimum absolute atomic E-state index is 0.279. The Morgan fingerprint density at radius 2 is 1.72 bits per heavy atom. The van der Waals surface area contributed by atoms with Gasteiger partial charge in [0.25, 0.3) is 11.8 Å². The summed E-state index contributed by atoms with van der Waals surface area (Å²) < 4.78 is 11.0. The summed E-state index contributed by atoms with van der Waals surface area (Å²) in [6.45, 7) is 3.81. The molecule has 0 saturated carbocycles. The number of ether oxygens (including phenoxy) is 2. The fourth-order valence-corrected chi connectivity index (χ4v) is 6.11. The van der Waals surface area contributed by atoms with Crippen LogP contribution in [0, 0.1) is 0 Å². The van der Waals surface area contributed by atoms with Crippen molar-refractivity contribution in [2.75, 3.05) is 31.8 Å². The topological polar surface area (TPSA) is 104 Å². The van der Waals surface area contributed by atoms with Gasteiger partial charge in [-0.3, -0.25) is 14.5 Å². The number of aromatic amines is 1. The molecule has 1 fully saturated rings. The van der Waals surface area contributed by atoms with E-state index in [1.54, 1.807) is 36.3 Å². The van der Waals surface area contributed by atoms with E-state index in [4.69, 9.17) is 9.47 Å². The number of urea groups is 1. The normalized spacial score (nSPS) is 17.7. The quantitative estimate of drug-likeness (QED) is 0.178. The van der Waals surface area contributed by atoms with E-state index in [-0.39, 0.29) is 23.1 Å². The third-order valence-electron chi connectivity index (χ3n) is 8.26. The van der Waals surface area contributed by atoms with Crippen molar-refractivity contribution in [1.82, 2.24) is 15.2 Å². The smallest absolute Gasteiger partial charge is 0.332 e. The first-order valence-electron chi connectivity index (χ1n) is 14.9. The van der Waals surface area contributed by atoms with Gasteiger partial charge in [0, 0.05) is 42.8 Å². The van der Waals surface area contributed by atoms with Gasteiger partial charge in [-0.25, -0.2) is 9.69 Å². The molecule has 3 heterocycles. The Morgan fingerprint density at radius 3 is 2.51 bits per heavy atom. The largest absolute Gasteiger partial charge is 0.497 e. The van der Waals surface area contributed by atoms with Crippen LogP contribution in [0.1, 0.15) is 59.4 Å². The van der Waals surface area contributed by atoms with Gasteiger partial charge in [-0.05, 0) is 54.3 Å². The first-order chi connectivity index (χ1) is 21.0. The highest BCUT2D eigenvalue weighted by molar-refractivity contribution is 6.24. The fraction of sp³-hybridized carbons (Fsp3) is 0.324. The van der Waals surface area contributed by atoms with Gasteiger partial charge in [0.2, 0.25) is 0 Å².